The van der Waals surface area contributed by atoms with E-state index in [0.29, 0.717) is 13.2 Å². The van der Waals surface area contributed by atoms with Crippen LogP contribution < -0.4 is 15.2 Å². The Morgan fingerprint density at radius 3 is 2.59 bits per heavy atom. The van der Waals surface area contributed by atoms with Gasteiger partial charge in [-0.25, -0.2) is 0 Å². The van der Waals surface area contributed by atoms with E-state index in [1.54, 1.807) is 0 Å². The predicted molar refractivity (Wildman–Crippen MR) is 66.6 cm³/mol. The van der Waals surface area contributed by atoms with Crippen LogP contribution in [-0.4, -0.2) is 19.8 Å². The van der Waals surface area contributed by atoms with Crippen LogP contribution in [0, 0.1) is 5.92 Å². The maximum absolute atomic E-state index is 5.97. The maximum Gasteiger partial charge on any atom is 0.161 e. The van der Waals surface area contributed by atoms with Gasteiger partial charge in [0.05, 0.1) is 0 Å². The lowest BCUT2D eigenvalue weighted by molar-refractivity contribution is 0.157. The van der Waals surface area contributed by atoms with Crippen molar-refractivity contribution >= 4 is 0 Å². The van der Waals surface area contributed by atoms with Gasteiger partial charge in [0.15, 0.2) is 11.5 Å². The summed E-state index contributed by atoms with van der Waals surface area (Å²) in [6, 6.07) is 6.28. The van der Waals surface area contributed by atoms with Crippen LogP contribution in [0.25, 0.3) is 0 Å². The van der Waals surface area contributed by atoms with Crippen molar-refractivity contribution in [3.05, 3.63) is 23.8 Å². The zero-order chi connectivity index (χ0) is 11.9. The molecule has 0 amide bonds. The number of rotatable bonds is 2. The summed E-state index contributed by atoms with van der Waals surface area (Å²) in [6.45, 7) is 4.29. The molecule has 0 saturated heterocycles. The molecule has 0 bridgehead atoms. The minimum Gasteiger partial charge on any atom is -0.486 e. The van der Waals surface area contributed by atoms with Crippen molar-refractivity contribution in [1.82, 2.24) is 0 Å². The second-order valence-electron chi connectivity index (χ2n) is 5.36. The minimum atomic E-state index is 0.176. The molecule has 0 unspecified atom stereocenters. The van der Waals surface area contributed by atoms with Gasteiger partial charge in [-0.2, -0.15) is 0 Å². The first kappa shape index (κ1) is 10.9. The molecule has 3 heteroatoms. The molecule has 0 radical (unpaired) electrons. The van der Waals surface area contributed by atoms with Gasteiger partial charge in [0.25, 0.3) is 0 Å². The van der Waals surface area contributed by atoms with Gasteiger partial charge in [-0.1, -0.05) is 13.0 Å². The molecule has 0 atom stereocenters. The molecule has 3 rings (SSSR count). The van der Waals surface area contributed by atoms with E-state index in [-0.39, 0.29) is 5.41 Å². The van der Waals surface area contributed by atoms with Gasteiger partial charge in [0.2, 0.25) is 0 Å². The molecule has 1 aliphatic heterocycles. The predicted octanol–water partition coefficient (Wildman–Crippen LogP) is 2.08. The summed E-state index contributed by atoms with van der Waals surface area (Å²) in [6.07, 6.45) is 2.37. The number of ether oxygens (including phenoxy) is 2. The smallest absolute Gasteiger partial charge is 0.161 e. The van der Waals surface area contributed by atoms with E-state index in [0.717, 1.165) is 24.0 Å². The molecule has 0 aromatic heterocycles. The Morgan fingerprint density at radius 2 is 1.94 bits per heavy atom. The Morgan fingerprint density at radius 1 is 1.24 bits per heavy atom. The van der Waals surface area contributed by atoms with Crippen LogP contribution in [0.5, 0.6) is 11.5 Å². The van der Waals surface area contributed by atoms with Crippen molar-refractivity contribution in [1.29, 1.82) is 0 Å². The highest BCUT2D eigenvalue weighted by molar-refractivity contribution is 5.46. The second kappa shape index (κ2) is 3.91. The largest absolute Gasteiger partial charge is 0.486 e. The van der Waals surface area contributed by atoms with Crippen molar-refractivity contribution in [3.8, 4) is 11.5 Å². The molecule has 1 aliphatic carbocycles. The van der Waals surface area contributed by atoms with Crippen LogP contribution in [0.2, 0.25) is 0 Å². The second-order valence-corrected chi connectivity index (χ2v) is 5.36. The fraction of sp³-hybridized carbons (Fsp3) is 0.571. The first-order chi connectivity index (χ1) is 8.23. The highest BCUT2D eigenvalue weighted by Gasteiger charge is 2.42. The number of hydrogen-bond donors (Lipinski definition) is 1. The van der Waals surface area contributed by atoms with Crippen molar-refractivity contribution in [3.63, 3.8) is 0 Å². The highest BCUT2D eigenvalue weighted by Crippen LogP contribution is 2.48. The van der Waals surface area contributed by atoms with Gasteiger partial charge in [-0.15, -0.1) is 0 Å². The molecule has 3 nitrogen and oxygen atoms in total. The van der Waals surface area contributed by atoms with Gasteiger partial charge in [-0.3, -0.25) is 0 Å². The molecule has 2 aliphatic rings. The molecular formula is C14H19NO2. The molecule has 1 saturated carbocycles. The van der Waals surface area contributed by atoms with Crippen LogP contribution in [0.1, 0.15) is 25.3 Å². The van der Waals surface area contributed by atoms with E-state index in [2.05, 4.69) is 19.1 Å². The molecule has 2 N–H and O–H groups in total. The zero-order valence-corrected chi connectivity index (χ0v) is 10.2. The van der Waals surface area contributed by atoms with E-state index in [1.807, 2.05) is 6.07 Å². The molecule has 1 fully saturated rings. The van der Waals surface area contributed by atoms with Crippen molar-refractivity contribution in [2.75, 3.05) is 19.8 Å². The van der Waals surface area contributed by atoms with Crippen LogP contribution >= 0.6 is 0 Å². The Balaban J connectivity index is 1.93. The summed E-state index contributed by atoms with van der Waals surface area (Å²) < 4.78 is 11.2. The highest BCUT2D eigenvalue weighted by atomic mass is 16.6. The average molecular weight is 233 g/mol. The molecule has 17 heavy (non-hydrogen) atoms. The third-order valence-corrected chi connectivity index (χ3v) is 4.02. The topological polar surface area (TPSA) is 44.5 Å². The fourth-order valence-corrected chi connectivity index (χ4v) is 3.17. The Labute approximate surface area is 102 Å². The number of hydrogen-bond acceptors (Lipinski definition) is 3. The average Bonchev–Trinajstić information content (AvgIpc) is 2.34. The van der Waals surface area contributed by atoms with Crippen molar-refractivity contribution < 1.29 is 9.47 Å². The third kappa shape index (κ3) is 1.69. The number of fused-ring (bicyclic) bond motifs is 1. The van der Waals surface area contributed by atoms with E-state index in [1.165, 1.54) is 18.4 Å². The van der Waals surface area contributed by atoms with Crippen LogP contribution in [-0.2, 0) is 5.41 Å². The van der Waals surface area contributed by atoms with Crippen LogP contribution in [0.4, 0.5) is 0 Å². The number of benzene rings is 1. The number of nitrogens with two attached hydrogens (primary N) is 1. The Hall–Kier alpha value is -1.22. The lowest BCUT2D eigenvalue weighted by Crippen LogP contribution is -2.46. The molecule has 0 spiro atoms. The minimum absolute atomic E-state index is 0.176. The van der Waals surface area contributed by atoms with E-state index in [4.69, 9.17) is 15.2 Å². The van der Waals surface area contributed by atoms with Gasteiger partial charge >= 0.3 is 0 Å². The van der Waals surface area contributed by atoms with E-state index >= 15 is 0 Å². The summed E-state index contributed by atoms with van der Waals surface area (Å²) in [5.74, 6) is 2.52. The van der Waals surface area contributed by atoms with Gasteiger partial charge < -0.3 is 15.2 Å². The maximum atomic E-state index is 5.97. The molecule has 1 aromatic carbocycles. The molecule has 1 heterocycles. The van der Waals surface area contributed by atoms with Gasteiger partial charge in [0.1, 0.15) is 13.2 Å². The lowest BCUT2D eigenvalue weighted by atomic mass is 9.59. The molecule has 92 valence electrons. The lowest BCUT2D eigenvalue weighted by Gasteiger charge is -2.46. The SMILES string of the molecule is CC1CC(CN)(c2ccc3c(c2)OCCO3)C1. The van der Waals surface area contributed by atoms with Crippen molar-refractivity contribution in [2.24, 2.45) is 11.7 Å². The van der Waals surface area contributed by atoms with E-state index < -0.39 is 0 Å². The normalized spacial score (nSPS) is 30.8. The van der Waals surface area contributed by atoms with Crippen LogP contribution in [0.15, 0.2) is 18.2 Å². The van der Waals surface area contributed by atoms with Crippen LogP contribution in [0.3, 0.4) is 0 Å². The zero-order valence-electron chi connectivity index (χ0n) is 10.2. The molecular weight excluding hydrogens is 214 g/mol. The van der Waals surface area contributed by atoms with Crippen molar-refractivity contribution in [2.45, 2.75) is 25.2 Å². The first-order valence-electron chi connectivity index (χ1n) is 6.34. The summed E-state index contributed by atoms with van der Waals surface area (Å²) in [4.78, 5) is 0. The summed E-state index contributed by atoms with van der Waals surface area (Å²) in [7, 11) is 0. The Kier molecular flexibility index (Phi) is 2.51. The first-order valence-corrected chi connectivity index (χ1v) is 6.34. The van der Waals surface area contributed by atoms with Gasteiger partial charge in [-0.05, 0) is 36.5 Å². The standard InChI is InChI=1S/C14H19NO2/c1-10-7-14(8-10,9-15)11-2-3-12-13(6-11)17-5-4-16-12/h2-3,6,10H,4-5,7-9,15H2,1H3. The summed E-state index contributed by atoms with van der Waals surface area (Å²) in [5, 5.41) is 0. The monoisotopic (exact) mass is 233 g/mol. The summed E-state index contributed by atoms with van der Waals surface area (Å²) in [5.41, 5.74) is 7.45. The van der Waals surface area contributed by atoms with E-state index in [9.17, 15) is 0 Å². The fourth-order valence-electron chi connectivity index (χ4n) is 3.17. The van der Waals surface area contributed by atoms with Gasteiger partial charge in [0, 0.05) is 12.0 Å². The quantitative estimate of drug-likeness (QED) is 0.850. The third-order valence-electron chi connectivity index (χ3n) is 4.02. The molecule has 1 aromatic rings. The Bertz CT molecular complexity index is 424. The summed E-state index contributed by atoms with van der Waals surface area (Å²) >= 11 is 0.